The van der Waals surface area contributed by atoms with Crippen LogP contribution in [0.1, 0.15) is 43.9 Å². The van der Waals surface area contributed by atoms with Crippen LogP contribution in [0.15, 0.2) is 18.5 Å². The van der Waals surface area contributed by atoms with Gasteiger partial charge in [0, 0.05) is 24.0 Å². The van der Waals surface area contributed by atoms with Crippen molar-refractivity contribution in [2.75, 3.05) is 23.3 Å². The molecule has 0 spiro atoms. The van der Waals surface area contributed by atoms with E-state index >= 15 is 4.39 Å². The summed E-state index contributed by atoms with van der Waals surface area (Å²) < 4.78 is 26.7. The molecular formula is C30H26ClFN6O5S. The Bertz CT molecular complexity index is 1950. The van der Waals surface area contributed by atoms with E-state index in [4.69, 9.17) is 21.1 Å². The third-order valence-electron chi connectivity index (χ3n) is 8.26. The summed E-state index contributed by atoms with van der Waals surface area (Å²) in [5.74, 6) is 0.125. The van der Waals surface area contributed by atoms with Crippen LogP contribution < -0.4 is 10.2 Å². The first-order valence-electron chi connectivity index (χ1n) is 13.9. The molecule has 2 aromatic carbocycles. The van der Waals surface area contributed by atoms with E-state index in [9.17, 15) is 20.0 Å². The molecule has 11 nitrogen and oxygen atoms in total. The van der Waals surface area contributed by atoms with Crippen LogP contribution >= 0.6 is 22.9 Å². The largest absolute Gasteiger partial charge is 0.465 e. The second kappa shape index (κ2) is 10.2. The lowest BCUT2D eigenvalue weighted by Gasteiger charge is -2.34. The zero-order chi connectivity index (χ0) is 31.1. The van der Waals surface area contributed by atoms with Gasteiger partial charge in [0.2, 0.25) is 0 Å². The van der Waals surface area contributed by atoms with Crippen molar-refractivity contribution in [3.8, 4) is 17.2 Å². The number of anilines is 2. The van der Waals surface area contributed by atoms with Gasteiger partial charge in [-0.3, -0.25) is 5.32 Å². The summed E-state index contributed by atoms with van der Waals surface area (Å²) in [5.41, 5.74) is 2.50. The number of nitrogens with zero attached hydrogens (tertiary/aromatic N) is 5. The van der Waals surface area contributed by atoms with E-state index in [0.29, 0.717) is 52.4 Å². The van der Waals surface area contributed by atoms with Crippen molar-refractivity contribution in [3.05, 3.63) is 46.0 Å². The molecule has 0 radical (unpaired) electrons. The topological polar surface area (TPSA) is 141 Å². The molecule has 4 aromatic rings. The lowest BCUT2D eigenvalue weighted by atomic mass is 9.91. The Labute approximate surface area is 259 Å². The van der Waals surface area contributed by atoms with E-state index in [-0.39, 0.29) is 40.6 Å². The number of rotatable bonds is 3. The molecule has 2 fully saturated rings. The van der Waals surface area contributed by atoms with E-state index < -0.39 is 23.6 Å². The molecule has 3 aliphatic rings. The number of halogens is 2. The summed E-state index contributed by atoms with van der Waals surface area (Å²) in [4.78, 5) is 37.0. The number of carbonyl (C=O) groups is 2. The van der Waals surface area contributed by atoms with Crippen LogP contribution in [0.2, 0.25) is 5.02 Å². The first-order chi connectivity index (χ1) is 21.0. The van der Waals surface area contributed by atoms with Crippen molar-refractivity contribution in [2.45, 2.75) is 58.1 Å². The maximum Gasteiger partial charge on any atom is 0.412 e. The van der Waals surface area contributed by atoms with Gasteiger partial charge in [-0.25, -0.2) is 23.9 Å². The summed E-state index contributed by atoms with van der Waals surface area (Å²) in [6.07, 6.45) is 0.467. The fraction of sp³-hybridized carbons (Fsp3) is 0.367. The molecular weight excluding hydrogens is 611 g/mol. The van der Waals surface area contributed by atoms with Gasteiger partial charge in [0.05, 0.1) is 51.5 Å². The van der Waals surface area contributed by atoms with Crippen molar-refractivity contribution < 1.29 is 28.6 Å². The molecule has 2 saturated heterocycles. The lowest BCUT2D eigenvalue weighted by molar-refractivity contribution is 0.0636. The average Bonchev–Trinajstić information content (AvgIpc) is 3.75. The van der Waals surface area contributed by atoms with Gasteiger partial charge in [-0.15, -0.1) is 11.3 Å². The third kappa shape index (κ3) is 4.39. The number of hydrogen-bond acceptors (Lipinski definition) is 9. The van der Waals surface area contributed by atoms with Crippen molar-refractivity contribution in [1.82, 2.24) is 14.9 Å². The Morgan fingerprint density at radius 2 is 1.98 bits per heavy atom. The Balaban J connectivity index is 1.40. The zero-order valence-electron chi connectivity index (χ0n) is 23.9. The highest BCUT2D eigenvalue weighted by Gasteiger charge is 2.46. The maximum atomic E-state index is 15.3. The quantitative estimate of drug-likeness (QED) is 0.258. The molecule has 2 bridgehead atoms. The van der Waals surface area contributed by atoms with Crippen molar-refractivity contribution in [3.63, 3.8) is 0 Å². The summed E-state index contributed by atoms with van der Waals surface area (Å²) >= 11 is 8.12. The molecule has 2 amide bonds. The molecule has 0 unspecified atom stereocenters. The third-order valence-corrected chi connectivity index (χ3v) is 9.74. The van der Waals surface area contributed by atoms with Crippen LogP contribution in [-0.2, 0) is 22.7 Å². The number of ether oxygens (including phenoxy) is 2. The lowest BCUT2D eigenvalue weighted by Crippen LogP contribution is -2.48. The minimum atomic E-state index is -0.924. The minimum absolute atomic E-state index is 0.0257. The fourth-order valence-corrected chi connectivity index (χ4v) is 8.00. The Hall–Kier alpha value is -4.25. The number of aromatic nitrogens is 2. The Morgan fingerprint density at radius 3 is 2.66 bits per heavy atom. The normalized spacial score (nSPS) is 19.1. The van der Waals surface area contributed by atoms with Crippen molar-refractivity contribution in [1.29, 1.82) is 5.26 Å². The van der Waals surface area contributed by atoms with E-state index in [2.05, 4.69) is 26.3 Å². The van der Waals surface area contributed by atoms with E-state index in [1.165, 1.54) is 17.3 Å². The highest BCUT2D eigenvalue weighted by atomic mass is 35.5. The molecule has 226 valence electrons. The van der Waals surface area contributed by atoms with E-state index in [0.717, 1.165) is 27.8 Å². The molecule has 7 rings (SSSR count). The number of hydrogen-bond donors (Lipinski definition) is 2. The first kappa shape index (κ1) is 28.5. The highest BCUT2D eigenvalue weighted by molar-refractivity contribution is 7.23. The minimum Gasteiger partial charge on any atom is -0.465 e. The van der Waals surface area contributed by atoms with Gasteiger partial charge >= 0.3 is 12.2 Å². The number of benzene rings is 2. The van der Waals surface area contributed by atoms with E-state index in [1.54, 1.807) is 26.8 Å². The maximum absolute atomic E-state index is 15.3. The van der Waals surface area contributed by atoms with Crippen LogP contribution in [0.3, 0.4) is 0 Å². The molecule has 0 saturated carbocycles. The predicted octanol–water partition coefficient (Wildman–Crippen LogP) is 6.49. The van der Waals surface area contributed by atoms with Gasteiger partial charge in [-0.2, -0.15) is 5.26 Å². The summed E-state index contributed by atoms with van der Waals surface area (Å²) in [6, 6.07) is 4.89. The molecule has 0 aliphatic carbocycles. The van der Waals surface area contributed by atoms with Gasteiger partial charge in [0.25, 0.3) is 0 Å². The number of likely N-dealkylation sites (tertiary alicyclic amines) is 1. The number of piperazine rings is 1. The number of nitriles is 1. The molecule has 2 atom stereocenters. The van der Waals surface area contributed by atoms with Crippen molar-refractivity contribution >= 4 is 66.9 Å². The number of carboxylic acid groups (broad SMARTS) is 1. The van der Waals surface area contributed by atoms with Gasteiger partial charge < -0.3 is 24.4 Å². The highest BCUT2D eigenvalue weighted by Crippen LogP contribution is 2.50. The molecule has 44 heavy (non-hydrogen) atoms. The number of amides is 2. The first-order valence-corrected chi connectivity index (χ1v) is 15.1. The molecule has 2 aromatic heterocycles. The fourth-order valence-electron chi connectivity index (χ4n) is 6.58. The standard InChI is InChI=1S/C30H26ClFN6O5S/c1-30(2,3)43-28(39)36-27-16(7-33)21-15(4-5-19(32)25(21)44-27)20-17-10-42-11-18(17)22-24(23(20)31)34-12-35-26(22)37-8-14-6-13(37)9-38(14)29(40)41/h4-5,12-14H,6,8-11H2,1-3H3,(H,36,39)(H,40,41)/t13-,14-/m1/s1. The molecule has 2 N–H and O–H groups in total. The molecule has 14 heteroatoms. The van der Waals surface area contributed by atoms with Crippen LogP contribution in [0.25, 0.3) is 32.1 Å². The van der Waals surface area contributed by atoms with Crippen LogP contribution in [-0.4, -0.2) is 62.9 Å². The predicted molar refractivity (Wildman–Crippen MR) is 163 cm³/mol. The van der Waals surface area contributed by atoms with Gasteiger partial charge in [0.15, 0.2) is 0 Å². The molecule has 3 aliphatic heterocycles. The number of nitrogens with one attached hydrogen (secondary N) is 1. The second-order valence-corrected chi connectivity index (χ2v) is 13.4. The summed E-state index contributed by atoms with van der Waals surface area (Å²) in [7, 11) is 0. The SMILES string of the molecule is CC(C)(C)OC(=O)Nc1sc2c(F)ccc(-c3c4c(c5c(N6C[C@H]7C[C@@H]6CN7C(=O)O)ncnc5c3Cl)COC4)c2c1C#N. The second-order valence-electron chi connectivity index (χ2n) is 12.0. The Morgan fingerprint density at radius 1 is 1.20 bits per heavy atom. The molecule has 5 heterocycles. The number of carbonyl (C=O) groups excluding carboxylic acids is 1. The van der Waals surface area contributed by atoms with Gasteiger partial charge in [-0.05, 0) is 49.9 Å². The van der Waals surface area contributed by atoms with Crippen LogP contribution in [0.5, 0.6) is 0 Å². The summed E-state index contributed by atoms with van der Waals surface area (Å²) in [6.45, 7) is 6.55. The van der Waals surface area contributed by atoms with Crippen LogP contribution in [0.4, 0.5) is 24.8 Å². The van der Waals surface area contributed by atoms with Crippen LogP contribution in [0, 0.1) is 17.1 Å². The number of thiophene rings is 1. The zero-order valence-corrected chi connectivity index (χ0v) is 25.5. The average molecular weight is 637 g/mol. The Kier molecular flexibility index (Phi) is 6.58. The van der Waals surface area contributed by atoms with Crippen molar-refractivity contribution in [2.24, 2.45) is 0 Å². The summed E-state index contributed by atoms with van der Waals surface area (Å²) in [5, 5.41) is 23.9. The monoisotopic (exact) mass is 636 g/mol. The smallest absolute Gasteiger partial charge is 0.412 e. The van der Waals surface area contributed by atoms with Gasteiger partial charge in [-0.1, -0.05) is 17.7 Å². The van der Waals surface area contributed by atoms with Gasteiger partial charge in [0.1, 0.15) is 34.6 Å². The number of fused-ring (bicyclic) bond motifs is 6. The van der Waals surface area contributed by atoms with E-state index in [1.807, 2.05) is 0 Å².